The molecule has 1 aliphatic heterocycles. The van der Waals surface area contributed by atoms with Crippen LogP contribution in [0.4, 0.5) is 0 Å². The summed E-state index contributed by atoms with van der Waals surface area (Å²) in [5.74, 6) is 0. The second kappa shape index (κ2) is 7.18. The van der Waals surface area contributed by atoms with Gasteiger partial charge in [-0.3, -0.25) is 14.8 Å². The maximum Gasteiger partial charge on any atom is 0.133 e. The molecule has 2 aromatic heterocycles. The van der Waals surface area contributed by atoms with Crippen molar-refractivity contribution in [3.8, 4) is 0 Å². The van der Waals surface area contributed by atoms with Crippen LogP contribution in [0.25, 0.3) is 0 Å². The Kier molecular flexibility index (Phi) is 5.03. The Hall–Kier alpha value is -1.49. The number of aromatic nitrogens is 2. The third kappa shape index (κ3) is 3.64. The predicted octanol–water partition coefficient (Wildman–Crippen LogP) is 3.01. The highest BCUT2D eigenvalue weighted by Gasteiger charge is 2.22. The van der Waals surface area contributed by atoms with Crippen molar-refractivity contribution >= 4 is 11.6 Å². The van der Waals surface area contributed by atoms with Crippen LogP contribution in [0.15, 0.2) is 42.9 Å². The lowest BCUT2D eigenvalue weighted by Gasteiger charge is -2.38. The first-order valence-corrected chi connectivity index (χ1v) is 8.07. The van der Waals surface area contributed by atoms with Crippen molar-refractivity contribution in [3.05, 3.63) is 59.1 Å². The fraction of sp³-hybridized carbons (Fsp3) is 0.412. The topological polar surface area (TPSA) is 32.3 Å². The van der Waals surface area contributed by atoms with Crippen LogP contribution in [0.1, 0.15) is 24.1 Å². The fourth-order valence-corrected chi connectivity index (χ4v) is 3.10. The van der Waals surface area contributed by atoms with Crippen molar-refractivity contribution in [2.45, 2.75) is 19.5 Å². The molecular weight excluding hydrogens is 296 g/mol. The van der Waals surface area contributed by atoms with Crippen molar-refractivity contribution < 1.29 is 0 Å². The van der Waals surface area contributed by atoms with Gasteiger partial charge in [0.2, 0.25) is 0 Å². The van der Waals surface area contributed by atoms with Crippen LogP contribution in [0, 0.1) is 0 Å². The molecule has 0 aromatic carbocycles. The average Bonchev–Trinajstić information content (AvgIpc) is 2.58. The Morgan fingerprint density at radius 1 is 1.14 bits per heavy atom. The second-order valence-corrected chi connectivity index (χ2v) is 6.09. The van der Waals surface area contributed by atoms with Crippen molar-refractivity contribution in [1.82, 2.24) is 19.8 Å². The zero-order valence-electron chi connectivity index (χ0n) is 12.8. The molecule has 2 aromatic rings. The SMILES string of the molecule is CC(c1cccnc1)N1CCN(Cc2cccnc2Cl)CC1. The minimum atomic E-state index is 0.415. The van der Waals surface area contributed by atoms with Crippen LogP contribution >= 0.6 is 11.6 Å². The quantitative estimate of drug-likeness (QED) is 0.812. The Bertz CT molecular complexity index is 597. The third-order valence-corrected chi connectivity index (χ3v) is 4.69. The second-order valence-electron chi connectivity index (χ2n) is 5.73. The number of hydrogen-bond acceptors (Lipinski definition) is 4. The molecule has 1 atom stereocenters. The summed E-state index contributed by atoms with van der Waals surface area (Å²) < 4.78 is 0. The molecule has 22 heavy (non-hydrogen) atoms. The number of piperazine rings is 1. The van der Waals surface area contributed by atoms with Crippen LogP contribution in [-0.4, -0.2) is 45.9 Å². The standard InChI is InChI=1S/C17H21ClN4/c1-14(15-4-2-6-19-12-15)22-10-8-21(9-11-22)13-16-5-3-7-20-17(16)18/h2-7,12,14H,8-11,13H2,1H3. The van der Waals surface area contributed by atoms with Crippen molar-refractivity contribution in [1.29, 1.82) is 0 Å². The van der Waals surface area contributed by atoms with Gasteiger partial charge in [0.05, 0.1) is 0 Å². The van der Waals surface area contributed by atoms with E-state index in [1.165, 1.54) is 5.56 Å². The molecule has 0 bridgehead atoms. The van der Waals surface area contributed by atoms with E-state index in [4.69, 9.17) is 11.6 Å². The third-order valence-electron chi connectivity index (χ3n) is 4.35. The molecule has 0 amide bonds. The molecule has 1 aliphatic rings. The molecule has 0 spiro atoms. The van der Waals surface area contributed by atoms with Gasteiger partial charge in [-0.25, -0.2) is 4.98 Å². The molecule has 4 nitrogen and oxygen atoms in total. The van der Waals surface area contributed by atoms with Gasteiger partial charge < -0.3 is 0 Å². The number of nitrogens with zero attached hydrogens (tertiary/aromatic N) is 4. The molecule has 1 saturated heterocycles. The lowest BCUT2D eigenvalue weighted by atomic mass is 10.1. The first kappa shape index (κ1) is 15.4. The first-order chi connectivity index (χ1) is 10.7. The lowest BCUT2D eigenvalue weighted by molar-refractivity contribution is 0.0977. The van der Waals surface area contributed by atoms with Gasteiger partial charge in [-0.05, 0) is 24.6 Å². The first-order valence-electron chi connectivity index (χ1n) is 7.70. The molecule has 116 valence electrons. The molecule has 3 heterocycles. The highest BCUT2D eigenvalue weighted by Crippen LogP contribution is 2.22. The minimum absolute atomic E-state index is 0.415. The zero-order valence-corrected chi connectivity index (χ0v) is 13.6. The summed E-state index contributed by atoms with van der Waals surface area (Å²) in [5, 5.41) is 0.619. The van der Waals surface area contributed by atoms with Crippen molar-refractivity contribution in [3.63, 3.8) is 0 Å². The van der Waals surface area contributed by atoms with Gasteiger partial charge in [0.25, 0.3) is 0 Å². The van der Waals surface area contributed by atoms with Gasteiger partial charge >= 0.3 is 0 Å². The lowest BCUT2D eigenvalue weighted by Crippen LogP contribution is -2.46. The minimum Gasteiger partial charge on any atom is -0.296 e. The van der Waals surface area contributed by atoms with E-state index in [0.29, 0.717) is 11.2 Å². The maximum absolute atomic E-state index is 6.15. The van der Waals surface area contributed by atoms with E-state index in [0.717, 1.165) is 38.3 Å². The van der Waals surface area contributed by atoms with Crippen molar-refractivity contribution in [2.24, 2.45) is 0 Å². The monoisotopic (exact) mass is 316 g/mol. The molecule has 1 fully saturated rings. The largest absolute Gasteiger partial charge is 0.296 e. The van der Waals surface area contributed by atoms with E-state index in [1.54, 1.807) is 6.20 Å². The Labute approximate surface area is 136 Å². The van der Waals surface area contributed by atoms with Gasteiger partial charge in [-0.15, -0.1) is 0 Å². The predicted molar refractivity (Wildman–Crippen MR) is 88.7 cm³/mol. The average molecular weight is 317 g/mol. The summed E-state index contributed by atoms with van der Waals surface area (Å²) in [6.07, 6.45) is 5.53. The van der Waals surface area contributed by atoms with E-state index in [9.17, 15) is 0 Å². The van der Waals surface area contributed by atoms with E-state index in [2.05, 4.69) is 38.8 Å². The van der Waals surface area contributed by atoms with E-state index in [1.807, 2.05) is 24.5 Å². The fourth-order valence-electron chi connectivity index (χ4n) is 2.92. The summed E-state index contributed by atoms with van der Waals surface area (Å²) in [6.45, 7) is 7.36. The summed E-state index contributed by atoms with van der Waals surface area (Å²) in [5.41, 5.74) is 2.39. The van der Waals surface area contributed by atoms with Crippen LogP contribution in [0.2, 0.25) is 5.15 Å². The molecule has 0 N–H and O–H groups in total. The van der Waals surface area contributed by atoms with E-state index in [-0.39, 0.29) is 0 Å². The molecule has 1 unspecified atom stereocenters. The number of halogens is 1. The normalized spacial score (nSPS) is 18.3. The van der Waals surface area contributed by atoms with Crippen LogP contribution < -0.4 is 0 Å². The molecule has 5 heteroatoms. The smallest absolute Gasteiger partial charge is 0.133 e. The number of rotatable bonds is 4. The zero-order chi connectivity index (χ0) is 15.4. The number of hydrogen-bond donors (Lipinski definition) is 0. The van der Waals surface area contributed by atoms with E-state index >= 15 is 0 Å². The molecule has 3 rings (SSSR count). The Balaban J connectivity index is 1.55. The van der Waals surface area contributed by atoms with Crippen LogP contribution in [0.3, 0.4) is 0 Å². The molecule has 0 saturated carbocycles. The molecule has 0 aliphatic carbocycles. The van der Waals surface area contributed by atoms with Gasteiger partial charge in [0.1, 0.15) is 5.15 Å². The molecule has 0 radical (unpaired) electrons. The van der Waals surface area contributed by atoms with Gasteiger partial charge in [0.15, 0.2) is 0 Å². The van der Waals surface area contributed by atoms with Gasteiger partial charge in [-0.1, -0.05) is 23.7 Å². The Morgan fingerprint density at radius 3 is 2.59 bits per heavy atom. The van der Waals surface area contributed by atoms with Crippen LogP contribution in [0.5, 0.6) is 0 Å². The van der Waals surface area contributed by atoms with Gasteiger partial charge in [-0.2, -0.15) is 0 Å². The Morgan fingerprint density at radius 2 is 1.91 bits per heavy atom. The van der Waals surface area contributed by atoms with E-state index < -0.39 is 0 Å². The highest BCUT2D eigenvalue weighted by atomic mass is 35.5. The summed E-state index contributed by atoms with van der Waals surface area (Å²) in [4.78, 5) is 13.3. The van der Waals surface area contributed by atoms with Crippen LogP contribution in [-0.2, 0) is 6.54 Å². The highest BCUT2D eigenvalue weighted by molar-refractivity contribution is 6.30. The molecular formula is C17H21ClN4. The summed E-state index contributed by atoms with van der Waals surface area (Å²) in [6, 6.07) is 8.58. The van der Waals surface area contributed by atoms with Gasteiger partial charge in [0, 0.05) is 62.9 Å². The summed E-state index contributed by atoms with van der Waals surface area (Å²) in [7, 11) is 0. The maximum atomic E-state index is 6.15. The summed E-state index contributed by atoms with van der Waals surface area (Å²) >= 11 is 6.15. The van der Waals surface area contributed by atoms with Crippen molar-refractivity contribution in [2.75, 3.05) is 26.2 Å². The number of pyridine rings is 2.